The Hall–Kier alpha value is -0.540. The first-order chi connectivity index (χ1) is 8.42. The van der Waals surface area contributed by atoms with Gasteiger partial charge in [0.25, 0.3) is 0 Å². The van der Waals surface area contributed by atoms with E-state index in [-0.39, 0.29) is 5.75 Å². The Kier molecular flexibility index (Phi) is 6.16. The van der Waals surface area contributed by atoms with Gasteiger partial charge in [0, 0.05) is 17.9 Å². The zero-order valence-electron chi connectivity index (χ0n) is 11.0. The fourth-order valence-electron chi connectivity index (χ4n) is 2.02. The molecule has 0 amide bonds. The van der Waals surface area contributed by atoms with E-state index in [1.54, 1.807) is 0 Å². The molecule has 1 rings (SSSR count). The Morgan fingerprint density at radius 2 is 1.94 bits per heavy atom. The summed E-state index contributed by atoms with van der Waals surface area (Å²) in [5.41, 5.74) is 2.58. The topological polar surface area (TPSA) is 34.1 Å². The van der Waals surface area contributed by atoms with E-state index >= 15 is 0 Å². The van der Waals surface area contributed by atoms with E-state index in [1.807, 2.05) is 12.1 Å². The van der Waals surface area contributed by atoms with Crippen LogP contribution in [0.4, 0.5) is 0 Å². The summed E-state index contributed by atoms with van der Waals surface area (Å²) in [5.74, 6) is 1.20. The SMILES string of the molecule is Cc1ccccc1CC(CCl)CCCS(C)(=O)=O. The number of sulfone groups is 1. The monoisotopic (exact) mass is 288 g/mol. The van der Waals surface area contributed by atoms with Crippen molar-refractivity contribution >= 4 is 21.4 Å². The Morgan fingerprint density at radius 1 is 1.28 bits per heavy atom. The van der Waals surface area contributed by atoms with Gasteiger partial charge in [-0.25, -0.2) is 8.42 Å². The molecule has 0 aliphatic rings. The summed E-state index contributed by atoms with van der Waals surface area (Å²) < 4.78 is 22.2. The van der Waals surface area contributed by atoms with Crippen LogP contribution in [0.25, 0.3) is 0 Å². The van der Waals surface area contributed by atoms with Gasteiger partial charge < -0.3 is 0 Å². The molecule has 0 fully saturated rings. The molecule has 1 aromatic carbocycles. The van der Waals surface area contributed by atoms with E-state index in [0.717, 1.165) is 12.8 Å². The minimum absolute atomic E-state index is 0.258. The molecule has 0 aliphatic heterocycles. The van der Waals surface area contributed by atoms with Crippen molar-refractivity contribution in [2.75, 3.05) is 17.9 Å². The van der Waals surface area contributed by atoms with Crippen LogP contribution >= 0.6 is 11.6 Å². The van der Waals surface area contributed by atoms with Crippen LogP contribution in [0, 0.1) is 12.8 Å². The predicted octanol–water partition coefficient (Wildman–Crippen LogP) is 3.22. The average Bonchev–Trinajstić information content (AvgIpc) is 2.29. The van der Waals surface area contributed by atoms with Crippen molar-refractivity contribution < 1.29 is 8.42 Å². The molecule has 1 aromatic rings. The number of hydrogen-bond acceptors (Lipinski definition) is 2. The van der Waals surface area contributed by atoms with E-state index in [1.165, 1.54) is 17.4 Å². The van der Waals surface area contributed by atoms with Crippen LogP contribution in [-0.2, 0) is 16.3 Å². The van der Waals surface area contributed by atoms with Gasteiger partial charge in [-0.2, -0.15) is 0 Å². The van der Waals surface area contributed by atoms with E-state index in [0.29, 0.717) is 18.2 Å². The average molecular weight is 289 g/mol. The number of benzene rings is 1. The molecule has 0 radical (unpaired) electrons. The minimum atomic E-state index is -2.85. The second-order valence-electron chi connectivity index (χ2n) is 4.92. The van der Waals surface area contributed by atoms with Gasteiger partial charge in [-0.05, 0) is 43.2 Å². The maximum absolute atomic E-state index is 11.1. The first-order valence-electron chi connectivity index (χ1n) is 6.20. The van der Waals surface area contributed by atoms with Gasteiger partial charge in [0.15, 0.2) is 0 Å². The van der Waals surface area contributed by atoms with Gasteiger partial charge in [0.2, 0.25) is 0 Å². The first kappa shape index (κ1) is 15.5. The second-order valence-corrected chi connectivity index (χ2v) is 7.49. The van der Waals surface area contributed by atoms with Crippen molar-refractivity contribution in [3.63, 3.8) is 0 Å². The lowest BCUT2D eigenvalue weighted by molar-refractivity contribution is 0.523. The predicted molar refractivity (Wildman–Crippen MR) is 78.0 cm³/mol. The second kappa shape index (κ2) is 7.15. The first-order valence-corrected chi connectivity index (χ1v) is 8.80. The van der Waals surface area contributed by atoms with Crippen LogP contribution in [0.15, 0.2) is 24.3 Å². The lowest BCUT2D eigenvalue weighted by atomic mass is 9.94. The van der Waals surface area contributed by atoms with E-state index in [9.17, 15) is 8.42 Å². The fourth-order valence-corrected chi connectivity index (χ4v) is 2.97. The summed E-state index contributed by atoms with van der Waals surface area (Å²) in [7, 11) is -2.85. The van der Waals surface area contributed by atoms with Crippen molar-refractivity contribution in [3.8, 4) is 0 Å². The zero-order valence-corrected chi connectivity index (χ0v) is 12.6. The minimum Gasteiger partial charge on any atom is -0.229 e. The molecule has 0 aliphatic carbocycles. The molecule has 1 atom stereocenters. The number of halogens is 1. The highest BCUT2D eigenvalue weighted by Gasteiger charge is 2.11. The molecule has 0 spiro atoms. The van der Waals surface area contributed by atoms with E-state index in [4.69, 9.17) is 11.6 Å². The molecule has 0 aromatic heterocycles. The lowest BCUT2D eigenvalue weighted by Gasteiger charge is -2.15. The highest BCUT2D eigenvalue weighted by molar-refractivity contribution is 7.90. The summed E-state index contributed by atoms with van der Waals surface area (Å²) in [6.07, 6.45) is 3.77. The quantitative estimate of drug-likeness (QED) is 0.722. The molecule has 0 heterocycles. The van der Waals surface area contributed by atoms with Gasteiger partial charge in [-0.1, -0.05) is 24.3 Å². The molecule has 18 heavy (non-hydrogen) atoms. The Labute approximate surface area is 115 Å². The van der Waals surface area contributed by atoms with Crippen LogP contribution in [-0.4, -0.2) is 26.3 Å². The third kappa shape index (κ3) is 5.87. The Bertz CT molecular complexity index is 468. The fraction of sp³-hybridized carbons (Fsp3) is 0.571. The third-order valence-electron chi connectivity index (χ3n) is 3.12. The lowest BCUT2D eigenvalue weighted by Crippen LogP contribution is -2.11. The standard InChI is InChI=1S/C14H21ClO2S/c1-12-6-3-4-8-14(12)10-13(11-15)7-5-9-18(2,16)17/h3-4,6,8,13H,5,7,9-11H2,1-2H3. The molecule has 2 nitrogen and oxygen atoms in total. The van der Waals surface area contributed by atoms with Crippen LogP contribution < -0.4 is 0 Å². The number of hydrogen-bond donors (Lipinski definition) is 0. The normalized spacial score (nSPS) is 13.5. The van der Waals surface area contributed by atoms with Crippen LogP contribution in [0.5, 0.6) is 0 Å². The van der Waals surface area contributed by atoms with Gasteiger partial charge in [0.05, 0.1) is 0 Å². The zero-order chi connectivity index (χ0) is 13.6. The summed E-state index contributed by atoms with van der Waals surface area (Å²) in [4.78, 5) is 0. The highest BCUT2D eigenvalue weighted by Crippen LogP contribution is 2.18. The molecular formula is C14H21ClO2S. The van der Waals surface area contributed by atoms with Crippen molar-refractivity contribution in [2.24, 2.45) is 5.92 Å². The maximum atomic E-state index is 11.1. The maximum Gasteiger partial charge on any atom is 0.147 e. The largest absolute Gasteiger partial charge is 0.229 e. The Morgan fingerprint density at radius 3 is 2.50 bits per heavy atom. The number of alkyl halides is 1. The van der Waals surface area contributed by atoms with Gasteiger partial charge >= 0.3 is 0 Å². The van der Waals surface area contributed by atoms with Crippen molar-refractivity contribution in [2.45, 2.75) is 26.2 Å². The molecule has 102 valence electrons. The molecule has 0 N–H and O–H groups in total. The van der Waals surface area contributed by atoms with Gasteiger partial charge in [0.1, 0.15) is 9.84 Å². The van der Waals surface area contributed by atoms with Gasteiger partial charge in [-0.15, -0.1) is 11.6 Å². The molecule has 0 saturated heterocycles. The van der Waals surface area contributed by atoms with Crippen molar-refractivity contribution in [1.82, 2.24) is 0 Å². The van der Waals surface area contributed by atoms with Crippen LogP contribution in [0.2, 0.25) is 0 Å². The summed E-state index contributed by atoms with van der Waals surface area (Å²) in [5, 5.41) is 0. The van der Waals surface area contributed by atoms with Crippen molar-refractivity contribution in [1.29, 1.82) is 0 Å². The summed E-state index contributed by atoms with van der Waals surface area (Å²) >= 11 is 5.97. The highest BCUT2D eigenvalue weighted by atomic mass is 35.5. The van der Waals surface area contributed by atoms with Crippen LogP contribution in [0.3, 0.4) is 0 Å². The number of rotatable bonds is 7. The molecular weight excluding hydrogens is 268 g/mol. The summed E-state index contributed by atoms with van der Waals surface area (Å²) in [6, 6.07) is 8.27. The van der Waals surface area contributed by atoms with Gasteiger partial charge in [-0.3, -0.25) is 0 Å². The molecule has 0 saturated carbocycles. The number of aryl methyl sites for hydroxylation is 1. The smallest absolute Gasteiger partial charge is 0.147 e. The van der Waals surface area contributed by atoms with Crippen LogP contribution in [0.1, 0.15) is 24.0 Å². The molecule has 1 unspecified atom stereocenters. The Balaban J connectivity index is 2.50. The van der Waals surface area contributed by atoms with Crippen molar-refractivity contribution in [3.05, 3.63) is 35.4 Å². The van der Waals surface area contributed by atoms with E-state index in [2.05, 4.69) is 19.1 Å². The van der Waals surface area contributed by atoms with E-state index < -0.39 is 9.84 Å². The third-order valence-corrected chi connectivity index (χ3v) is 4.58. The summed E-state index contributed by atoms with van der Waals surface area (Å²) in [6.45, 7) is 2.09. The molecule has 0 bridgehead atoms. The molecule has 4 heteroatoms.